The van der Waals surface area contributed by atoms with Crippen LogP contribution in [0.2, 0.25) is 0 Å². The maximum Gasteiger partial charge on any atom is 0.0732 e. The van der Waals surface area contributed by atoms with E-state index in [2.05, 4.69) is 52.3 Å². The van der Waals surface area contributed by atoms with E-state index in [1.807, 2.05) is 12.1 Å². The van der Waals surface area contributed by atoms with E-state index in [9.17, 15) is 0 Å². The van der Waals surface area contributed by atoms with Crippen molar-refractivity contribution in [3.05, 3.63) is 69.2 Å². The van der Waals surface area contributed by atoms with Crippen LogP contribution < -0.4 is 0 Å². The zero-order chi connectivity index (χ0) is 14.7. The molecule has 0 atom stereocenters. The minimum atomic E-state index is 0.258. The normalized spacial score (nSPS) is 13.9. The number of benzene rings is 2. The standard InChI is InChI=1S/C18H16BrNO/c19-18-6-5-13(7-8-20)9-16(18)12-21-17-10-14-3-1-2-4-15(14)11-17/h1-6,9,17H,7,10-12H2. The number of fused-ring (bicyclic) bond motifs is 1. The van der Waals surface area contributed by atoms with Crippen molar-refractivity contribution in [1.82, 2.24) is 0 Å². The minimum absolute atomic E-state index is 0.258. The smallest absolute Gasteiger partial charge is 0.0732 e. The lowest BCUT2D eigenvalue weighted by Gasteiger charge is -2.13. The summed E-state index contributed by atoms with van der Waals surface area (Å²) in [7, 11) is 0. The summed E-state index contributed by atoms with van der Waals surface area (Å²) < 4.78 is 7.11. The van der Waals surface area contributed by atoms with E-state index >= 15 is 0 Å². The van der Waals surface area contributed by atoms with E-state index in [0.29, 0.717) is 13.0 Å². The molecule has 2 aromatic carbocycles. The molecule has 21 heavy (non-hydrogen) atoms. The Morgan fingerprint density at radius 2 is 1.86 bits per heavy atom. The van der Waals surface area contributed by atoms with Crippen LogP contribution in [-0.4, -0.2) is 6.10 Å². The molecule has 0 aliphatic heterocycles. The highest BCUT2D eigenvalue weighted by atomic mass is 79.9. The molecule has 0 aromatic heterocycles. The summed E-state index contributed by atoms with van der Waals surface area (Å²) in [6, 6.07) is 16.7. The highest BCUT2D eigenvalue weighted by Gasteiger charge is 2.21. The molecule has 1 aliphatic rings. The first-order valence-electron chi connectivity index (χ1n) is 7.09. The molecule has 0 bridgehead atoms. The van der Waals surface area contributed by atoms with Crippen molar-refractivity contribution in [3.63, 3.8) is 0 Å². The van der Waals surface area contributed by atoms with Crippen molar-refractivity contribution >= 4 is 15.9 Å². The van der Waals surface area contributed by atoms with Gasteiger partial charge in [-0.05, 0) is 41.2 Å². The number of hydrogen-bond donors (Lipinski definition) is 0. The molecular formula is C18H16BrNO. The predicted octanol–water partition coefficient (Wildman–Crippen LogP) is 4.20. The van der Waals surface area contributed by atoms with Crippen LogP contribution in [-0.2, 0) is 30.6 Å². The number of halogens is 1. The third-order valence-corrected chi connectivity index (χ3v) is 4.66. The summed E-state index contributed by atoms with van der Waals surface area (Å²) >= 11 is 3.56. The maximum atomic E-state index is 8.79. The fraction of sp³-hybridized carbons (Fsp3) is 0.278. The number of hydrogen-bond acceptors (Lipinski definition) is 2. The van der Waals surface area contributed by atoms with E-state index in [1.165, 1.54) is 11.1 Å². The van der Waals surface area contributed by atoms with Crippen LogP contribution in [0, 0.1) is 11.3 Å². The average molecular weight is 342 g/mol. The van der Waals surface area contributed by atoms with Crippen LogP contribution in [0.5, 0.6) is 0 Å². The quantitative estimate of drug-likeness (QED) is 0.834. The zero-order valence-electron chi connectivity index (χ0n) is 11.7. The lowest BCUT2D eigenvalue weighted by atomic mass is 10.1. The van der Waals surface area contributed by atoms with E-state index in [0.717, 1.165) is 28.4 Å². The molecule has 2 nitrogen and oxygen atoms in total. The van der Waals surface area contributed by atoms with Crippen molar-refractivity contribution in [1.29, 1.82) is 5.26 Å². The lowest BCUT2D eigenvalue weighted by molar-refractivity contribution is 0.0476. The van der Waals surface area contributed by atoms with Crippen molar-refractivity contribution < 1.29 is 4.74 Å². The Labute approximate surface area is 133 Å². The van der Waals surface area contributed by atoms with Crippen molar-refractivity contribution in [2.45, 2.75) is 32.0 Å². The second kappa shape index (κ2) is 6.43. The average Bonchev–Trinajstić information content (AvgIpc) is 2.91. The van der Waals surface area contributed by atoms with Gasteiger partial charge in [-0.2, -0.15) is 5.26 Å². The largest absolute Gasteiger partial charge is 0.373 e. The van der Waals surface area contributed by atoms with Crippen LogP contribution in [0.25, 0.3) is 0 Å². The number of rotatable bonds is 4. The summed E-state index contributed by atoms with van der Waals surface area (Å²) in [4.78, 5) is 0. The van der Waals surface area contributed by atoms with Gasteiger partial charge in [0, 0.05) is 4.47 Å². The first-order valence-corrected chi connectivity index (χ1v) is 7.88. The van der Waals surface area contributed by atoms with Gasteiger partial charge < -0.3 is 4.74 Å². The van der Waals surface area contributed by atoms with E-state index in [4.69, 9.17) is 10.00 Å². The Bertz CT molecular complexity index is 665. The third kappa shape index (κ3) is 3.34. The van der Waals surface area contributed by atoms with Gasteiger partial charge in [0.15, 0.2) is 0 Å². The van der Waals surface area contributed by atoms with Gasteiger partial charge in [0.1, 0.15) is 0 Å². The predicted molar refractivity (Wildman–Crippen MR) is 85.9 cm³/mol. The van der Waals surface area contributed by atoms with Crippen LogP contribution in [0.4, 0.5) is 0 Å². The Morgan fingerprint density at radius 1 is 1.14 bits per heavy atom. The van der Waals surface area contributed by atoms with Gasteiger partial charge in [-0.25, -0.2) is 0 Å². The second-order valence-electron chi connectivity index (χ2n) is 5.37. The highest BCUT2D eigenvalue weighted by molar-refractivity contribution is 9.10. The van der Waals surface area contributed by atoms with Crippen LogP contribution in [0.1, 0.15) is 22.3 Å². The molecule has 1 aliphatic carbocycles. The maximum absolute atomic E-state index is 8.79. The van der Waals surface area contributed by atoms with Gasteiger partial charge in [-0.1, -0.05) is 52.3 Å². The first kappa shape index (κ1) is 14.3. The molecule has 0 spiro atoms. The molecule has 2 aromatic rings. The highest BCUT2D eigenvalue weighted by Crippen LogP contribution is 2.26. The van der Waals surface area contributed by atoms with Gasteiger partial charge in [0.2, 0.25) is 0 Å². The Hall–Kier alpha value is -1.63. The molecule has 0 fully saturated rings. The molecule has 0 amide bonds. The molecule has 0 unspecified atom stereocenters. The molecule has 0 N–H and O–H groups in total. The number of ether oxygens (including phenoxy) is 1. The summed E-state index contributed by atoms with van der Waals surface area (Å²) in [5, 5.41) is 8.79. The van der Waals surface area contributed by atoms with Crippen molar-refractivity contribution in [2.24, 2.45) is 0 Å². The van der Waals surface area contributed by atoms with E-state index in [1.54, 1.807) is 0 Å². The van der Waals surface area contributed by atoms with Crippen LogP contribution in [0.3, 0.4) is 0 Å². The van der Waals surface area contributed by atoms with E-state index < -0.39 is 0 Å². The number of nitrogens with zero attached hydrogens (tertiary/aromatic N) is 1. The Balaban J connectivity index is 1.64. The van der Waals surface area contributed by atoms with Crippen LogP contribution in [0.15, 0.2) is 46.9 Å². The molecule has 0 radical (unpaired) electrons. The molecule has 106 valence electrons. The molecule has 0 saturated heterocycles. The topological polar surface area (TPSA) is 33.0 Å². The zero-order valence-corrected chi connectivity index (χ0v) is 13.3. The van der Waals surface area contributed by atoms with Gasteiger partial charge in [0.25, 0.3) is 0 Å². The van der Waals surface area contributed by atoms with Crippen molar-refractivity contribution in [3.8, 4) is 6.07 Å². The SMILES string of the molecule is N#CCc1ccc(Br)c(COC2Cc3ccccc3C2)c1. The van der Waals surface area contributed by atoms with Crippen LogP contribution >= 0.6 is 15.9 Å². The molecule has 0 heterocycles. The molecule has 0 saturated carbocycles. The van der Waals surface area contributed by atoms with Gasteiger partial charge >= 0.3 is 0 Å². The van der Waals surface area contributed by atoms with E-state index in [-0.39, 0.29) is 6.10 Å². The first-order chi connectivity index (χ1) is 10.3. The molecule has 3 heteroatoms. The molecular weight excluding hydrogens is 326 g/mol. The van der Waals surface area contributed by atoms with Gasteiger partial charge in [-0.15, -0.1) is 0 Å². The summed E-state index contributed by atoms with van der Waals surface area (Å²) in [6.07, 6.45) is 2.68. The Kier molecular flexibility index (Phi) is 4.38. The monoisotopic (exact) mass is 341 g/mol. The summed E-state index contributed by atoms with van der Waals surface area (Å²) in [5.74, 6) is 0. The second-order valence-corrected chi connectivity index (χ2v) is 6.22. The fourth-order valence-corrected chi connectivity index (χ4v) is 3.15. The Morgan fingerprint density at radius 3 is 2.52 bits per heavy atom. The van der Waals surface area contributed by atoms with Gasteiger partial charge in [0.05, 0.1) is 25.2 Å². The van der Waals surface area contributed by atoms with Gasteiger partial charge in [-0.3, -0.25) is 0 Å². The number of nitriles is 1. The minimum Gasteiger partial charge on any atom is -0.373 e. The third-order valence-electron chi connectivity index (χ3n) is 3.88. The summed E-state index contributed by atoms with van der Waals surface area (Å²) in [5.41, 5.74) is 4.95. The summed E-state index contributed by atoms with van der Waals surface area (Å²) in [6.45, 7) is 0.582. The fourth-order valence-electron chi connectivity index (χ4n) is 2.78. The molecule has 3 rings (SSSR count). The lowest BCUT2D eigenvalue weighted by Crippen LogP contribution is -2.12. The van der Waals surface area contributed by atoms with Crippen molar-refractivity contribution in [2.75, 3.05) is 0 Å².